The van der Waals surface area contributed by atoms with Crippen LogP contribution in [-0.4, -0.2) is 18.2 Å². The zero-order valence-electron chi connectivity index (χ0n) is 10.1. The van der Waals surface area contributed by atoms with Gasteiger partial charge in [-0.05, 0) is 19.9 Å². The number of pyridine rings is 1. The number of hydrogen-bond acceptors (Lipinski definition) is 3. The topological polar surface area (TPSA) is 51.3 Å². The van der Waals surface area contributed by atoms with Crippen LogP contribution in [0.4, 0.5) is 0 Å². The van der Waals surface area contributed by atoms with E-state index < -0.39 is 0 Å². The Kier molecular flexibility index (Phi) is 3.04. The van der Waals surface area contributed by atoms with E-state index in [2.05, 4.69) is 4.98 Å². The van der Waals surface area contributed by atoms with E-state index in [-0.39, 0.29) is 11.5 Å². The quantitative estimate of drug-likeness (QED) is 0.885. The number of H-pyrrole nitrogens is 1. The van der Waals surface area contributed by atoms with Crippen molar-refractivity contribution < 1.29 is 9.47 Å². The van der Waals surface area contributed by atoms with E-state index in [1.165, 1.54) is 6.07 Å². The Labute approximate surface area is 99.2 Å². The number of nitrogens with one attached hydrogen (secondary N) is 1. The van der Waals surface area contributed by atoms with Gasteiger partial charge < -0.3 is 14.5 Å². The van der Waals surface area contributed by atoms with E-state index in [1.54, 1.807) is 25.4 Å². The lowest BCUT2D eigenvalue weighted by molar-refractivity contribution is 0.230. The molecule has 0 fully saturated rings. The zero-order valence-corrected chi connectivity index (χ0v) is 10.1. The van der Waals surface area contributed by atoms with Crippen LogP contribution in [0.1, 0.15) is 13.8 Å². The van der Waals surface area contributed by atoms with Gasteiger partial charge in [-0.15, -0.1) is 0 Å². The van der Waals surface area contributed by atoms with Crippen LogP contribution < -0.4 is 14.9 Å². The molecule has 1 N–H and O–H groups in total. The van der Waals surface area contributed by atoms with Crippen molar-refractivity contribution in [3.8, 4) is 11.5 Å². The second-order valence-electron chi connectivity index (χ2n) is 4.06. The molecule has 0 unspecified atom stereocenters. The molecule has 0 saturated heterocycles. The highest BCUT2D eigenvalue weighted by molar-refractivity contribution is 5.82. The fourth-order valence-electron chi connectivity index (χ4n) is 1.69. The van der Waals surface area contributed by atoms with Crippen molar-refractivity contribution in [1.82, 2.24) is 4.98 Å². The second-order valence-corrected chi connectivity index (χ2v) is 4.06. The van der Waals surface area contributed by atoms with Gasteiger partial charge in [0.2, 0.25) is 0 Å². The van der Waals surface area contributed by atoms with Crippen LogP contribution in [0.2, 0.25) is 0 Å². The predicted octanol–water partition coefficient (Wildman–Crippen LogP) is 2.32. The van der Waals surface area contributed by atoms with Gasteiger partial charge in [-0.3, -0.25) is 4.79 Å². The third-order valence-corrected chi connectivity index (χ3v) is 2.41. The number of rotatable bonds is 3. The standard InChI is InChI=1S/C13H15NO3/c1-8(2)17-13-6-9-10(7-12(13)16-3)14-5-4-11(9)15/h4-8H,1-3H3,(H,14,15). The molecule has 0 radical (unpaired) electrons. The Morgan fingerprint density at radius 3 is 2.65 bits per heavy atom. The summed E-state index contributed by atoms with van der Waals surface area (Å²) in [6.07, 6.45) is 1.65. The fourth-order valence-corrected chi connectivity index (χ4v) is 1.69. The third-order valence-electron chi connectivity index (χ3n) is 2.41. The van der Waals surface area contributed by atoms with E-state index in [4.69, 9.17) is 9.47 Å². The molecule has 1 aromatic heterocycles. The molecule has 0 atom stereocenters. The van der Waals surface area contributed by atoms with Gasteiger partial charge in [0.1, 0.15) is 0 Å². The maximum atomic E-state index is 11.7. The largest absolute Gasteiger partial charge is 0.493 e. The van der Waals surface area contributed by atoms with Crippen molar-refractivity contribution in [2.75, 3.05) is 7.11 Å². The maximum absolute atomic E-state index is 11.7. The minimum atomic E-state index is -0.0324. The van der Waals surface area contributed by atoms with Gasteiger partial charge in [-0.25, -0.2) is 0 Å². The van der Waals surface area contributed by atoms with Gasteiger partial charge >= 0.3 is 0 Å². The Hall–Kier alpha value is -1.97. The molecule has 0 aliphatic rings. The normalized spacial score (nSPS) is 10.8. The Morgan fingerprint density at radius 1 is 1.24 bits per heavy atom. The van der Waals surface area contributed by atoms with Crippen molar-refractivity contribution in [3.05, 3.63) is 34.6 Å². The first-order valence-corrected chi connectivity index (χ1v) is 5.48. The smallest absolute Gasteiger partial charge is 0.189 e. The molecule has 17 heavy (non-hydrogen) atoms. The molecular weight excluding hydrogens is 218 g/mol. The summed E-state index contributed by atoms with van der Waals surface area (Å²) in [4.78, 5) is 14.7. The van der Waals surface area contributed by atoms with E-state index in [9.17, 15) is 4.79 Å². The van der Waals surface area contributed by atoms with Gasteiger partial charge in [0, 0.05) is 23.7 Å². The van der Waals surface area contributed by atoms with E-state index in [0.29, 0.717) is 16.9 Å². The molecule has 1 aromatic carbocycles. The van der Waals surface area contributed by atoms with Crippen LogP contribution in [0.25, 0.3) is 10.9 Å². The lowest BCUT2D eigenvalue weighted by atomic mass is 10.2. The summed E-state index contributed by atoms with van der Waals surface area (Å²) < 4.78 is 10.9. The van der Waals surface area contributed by atoms with Crippen LogP contribution in [0.5, 0.6) is 11.5 Å². The Balaban J connectivity index is 2.65. The SMILES string of the molecule is COc1cc2[nH]ccc(=O)c2cc1OC(C)C. The number of aromatic amines is 1. The first-order chi connectivity index (χ1) is 8.11. The first-order valence-electron chi connectivity index (χ1n) is 5.48. The number of benzene rings is 1. The van der Waals surface area contributed by atoms with E-state index in [1.807, 2.05) is 13.8 Å². The van der Waals surface area contributed by atoms with Crippen LogP contribution in [0, 0.1) is 0 Å². The minimum absolute atomic E-state index is 0.0316. The van der Waals surface area contributed by atoms with Gasteiger partial charge in [0.05, 0.1) is 18.7 Å². The number of aromatic nitrogens is 1. The highest BCUT2D eigenvalue weighted by Crippen LogP contribution is 2.30. The molecule has 4 nitrogen and oxygen atoms in total. The molecule has 2 aromatic rings. The molecule has 1 heterocycles. The van der Waals surface area contributed by atoms with Crippen molar-refractivity contribution in [2.24, 2.45) is 0 Å². The van der Waals surface area contributed by atoms with E-state index >= 15 is 0 Å². The molecule has 0 amide bonds. The fraction of sp³-hybridized carbons (Fsp3) is 0.308. The van der Waals surface area contributed by atoms with Gasteiger partial charge in [-0.1, -0.05) is 0 Å². The monoisotopic (exact) mass is 233 g/mol. The first kappa shape index (κ1) is 11.5. The lowest BCUT2D eigenvalue weighted by Crippen LogP contribution is -2.08. The zero-order chi connectivity index (χ0) is 12.4. The summed E-state index contributed by atoms with van der Waals surface area (Å²) >= 11 is 0. The highest BCUT2D eigenvalue weighted by atomic mass is 16.5. The molecule has 0 bridgehead atoms. The molecule has 0 spiro atoms. The number of methoxy groups -OCH3 is 1. The summed E-state index contributed by atoms with van der Waals surface area (Å²) in [5.74, 6) is 1.21. The number of fused-ring (bicyclic) bond motifs is 1. The van der Waals surface area contributed by atoms with Crippen LogP contribution in [0.15, 0.2) is 29.2 Å². The summed E-state index contributed by atoms with van der Waals surface area (Å²) in [6, 6.07) is 4.98. The molecule has 4 heteroatoms. The number of hydrogen-bond donors (Lipinski definition) is 1. The molecule has 90 valence electrons. The summed E-state index contributed by atoms with van der Waals surface area (Å²) in [7, 11) is 1.58. The summed E-state index contributed by atoms with van der Waals surface area (Å²) in [5.41, 5.74) is 0.709. The molecule has 0 aliphatic carbocycles. The third kappa shape index (κ3) is 2.25. The van der Waals surface area contributed by atoms with Crippen molar-refractivity contribution in [3.63, 3.8) is 0 Å². The Morgan fingerprint density at radius 2 is 2.00 bits per heavy atom. The van der Waals surface area contributed by atoms with Crippen LogP contribution >= 0.6 is 0 Å². The maximum Gasteiger partial charge on any atom is 0.189 e. The van der Waals surface area contributed by atoms with Gasteiger partial charge in [0.15, 0.2) is 16.9 Å². The van der Waals surface area contributed by atoms with Crippen LogP contribution in [-0.2, 0) is 0 Å². The average Bonchev–Trinajstić information content (AvgIpc) is 2.29. The molecule has 0 saturated carbocycles. The van der Waals surface area contributed by atoms with Crippen LogP contribution in [0.3, 0.4) is 0 Å². The summed E-state index contributed by atoms with van der Waals surface area (Å²) in [5, 5.41) is 0.601. The second kappa shape index (κ2) is 4.49. The molecule has 0 aliphatic heterocycles. The minimum Gasteiger partial charge on any atom is -0.493 e. The lowest BCUT2D eigenvalue weighted by Gasteiger charge is -2.14. The van der Waals surface area contributed by atoms with Crippen molar-refractivity contribution in [2.45, 2.75) is 20.0 Å². The molecular formula is C13H15NO3. The Bertz CT molecular complexity index is 587. The van der Waals surface area contributed by atoms with Crippen molar-refractivity contribution >= 4 is 10.9 Å². The summed E-state index contributed by atoms with van der Waals surface area (Å²) in [6.45, 7) is 3.86. The van der Waals surface area contributed by atoms with Gasteiger partial charge in [-0.2, -0.15) is 0 Å². The highest BCUT2D eigenvalue weighted by Gasteiger charge is 2.10. The van der Waals surface area contributed by atoms with Gasteiger partial charge in [0.25, 0.3) is 0 Å². The average molecular weight is 233 g/mol. The van der Waals surface area contributed by atoms with E-state index in [0.717, 1.165) is 5.52 Å². The predicted molar refractivity (Wildman–Crippen MR) is 66.9 cm³/mol. The number of ether oxygens (including phenoxy) is 2. The molecule has 2 rings (SSSR count). The van der Waals surface area contributed by atoms with Crippen molar-refractivity contribution in [1.29, 1.82) is 0 Å².